The van der Waals surface area contributed by atoms with Crippen molar-refractivity contribution in [3.8, 4) is 17.2 Å². The van der Waals surface area contributed by atoms with Gasteiger partial charge in [-0.25, -0.2) is 9.59 Å². The van der Waals surface area contributed by atoms with E-state index < -0.39 is 23.6 Å². The highest BCUT2D eigenvalue weighted by molar-refractivity contribution is 5.88. The number of hydrogen-bond donors (Lipinski definition) is 0. The number of hydrogen-bond acceptors (Lipinski definition) is 7. The summed E-state index contributed by atoms with van der Waals surface area (Å²) in [5.74, 6) is 0.111. The average Bonchev–Trinajstić information content (AvgIpc) is 3.31. The Morgan fingerprint density at radius 1 is 0.972 bits per heavy atom. The lowest BCUT2D eigenvalue weighted by Crippen LogP contribution is -2.32. The minimum absolute atomic E-state index is 0.189. The zero-order valence-electron chi connectivity index (χ0n) is 20.1. The van der Waals surface area contributed by atoms with E-state index in [0.717, 1.165) is 6.42 Å². The Labute approximate surface area is 208 Å². The van der Waals surface area contributed by atoms with Gasteiger partial charge in [0.2, 0.25) is 6.10 Å². The van der Waals surface area contributed by atoms with E-state index in [1.54, 1.807) is 44.4 Å². The first-order chi connectivity index (χ1) is 17.6. The van der Waals surface area contributed by atoms with E-state index in [1.807, 2.05) is 42.5 Å². The topological polar surface area (TPSA) is 84.2 Å². The number of methoxy groups -OCH3 is 1. The van der Waals surface area contributed by atoms with Crippen LogP contribution < -0.4 is 19.8 Å². The predicted molar refractivity (Wildman–Crippen MR) is 134 cm³/mol. The van der Waals surface area contributed by atoms with Crippen molar-refractivity contribution in [1.82, 2.24) is 0 Å². The molecular weight excluding hydrogens is 460 g/mol. The van der Waals surface area contributed by atoms with Crippen molar-refractivity contribution in [2.45, 2.75) is 25.4 Å². The molecule has 7 heteroatoms. The average molecular weight is 487 g/mol. The van der Waals surface area contributed by atoms with Gasteiger partial charge in [-0.15, -0.1) is 0 Å². The van der Waals surface area contributed by atoms with Crippen LogP contribution in [0.25, 0.3) is 11.0 Å². The first-order valence-electron chi connectivity index (χ1n) is 11.8. The Morgan fingerprint density at radius 3 is 2.53 bits per heavy atom. The maximum Gasteiger partial charge on any atom is 0.348 e. The molecule has 1 aromatic heterocycles. The van der Waals surface area contributed by atoms with Crippen LogP contribution in [-0.2, 0) is 16.0 Å². The van der Waals surface area contributed by atoms with Crippen LogP contribution in [0.5, 0.6) is 17.2 Å². The Morgan fingerprint density at radius 2 is 1.75 bits per heavy atom. The molecule has 0 saturated heterocycles. The molecule has 0 spiro atoms. The molecule has 0 aliphatic carbocycles. The molecule has 2 heterocycles. The van der Waals surface area contributed by atoms with Crippen molar-refractivity contribution < 1.29 is 28.2 Å². The van der Waals surface area contributed by atoms with Crippen molar-refractivity contribution in [2.75, 3.05) is 20.3 Å². The molecule has 1 aliphatic heterocycles. The standard InChI is InChI=1S/C29H26O7/c1-3-33-29(31)27-24(25-26(36-27)20-11-7-8-12-21(20)35-28(25)30)19-13-14-22(23(17-19)32-2)34-16-15-18-9-5-4-6-10-18/h4-14,17,24,27H,3,15-16H2,1-2H3/t24-,27-/m1/s1. The van der Waals surface area contributed by atoms with Crippen LogP contribution in [0.15, 0.2) is 82.0 Å². The molecule has 1 aliphatic rings. The molecular formula is C29H26O7. The fraction of sp³-hybridized carbons (Fsp3) is 0.241. The normalized spacial score (nSPS) is 16.3. The van der Waals surface area contributed by atoms with E-state index in [-0.39, 0.29) is 12.2 Å². The van der Waals surface area contributed by atoms with Gasteiger partial charge in [0.25, 0.3) is 0 Å². The molecule has 3 aromatic carbocycles. The van der Waals surface area contributed by atoms with Gasteiger partial charge in [0.1, 0.15) is 11.3 Å². The SMILES string of the molecule is CCOC(=O)[C@@H]1Oc2c(c(=O)oc3ccccc23)[C@H]1c1ccc(OCCc2ccccc2)c(OC)c1. The zero-order chi connectivity index (χ0) is 25.1. The second-order valence-electron chi connectivity index (χ2n) is 8.39. The van der Waals surface area contributed by atoms with Crippen LogP contribution in [-0.4, -0.2) is 32.4 Å². The number of para-hydroxylation sites is 1. The molecule has 4 aromatic rings. The number of carbonyl (C=O) groups is 1. The largest absolute Gasteiger partial charge is 0.493 e. The first-order valence-corrected chi connectivity index (χ1v) is 11.8. The minimum Gasteiger partial charge on any atom is -0.493 e. The molecule has 36 heavy (non-hydrogen) atoms. The molecule has 7 nitrogen and oxygen atoms in total. The summed E-state index contributed by atoms with van der Waals surface area (Å²) in [6.07, 6.45) is -0.294. The van der Waals surface area contributed by atoms with E-state index in [2.05, 4.69) is 0 Å². The Kier molecular flexibility index (Phi) is 6.62. The maximum atomic E-state index is 13.1. The zero-order valence-corrected chi connectivity index (χ0v) is 20.1. The lowest BCUT2D eigenvalue weighted by Gasteiger charge is -2.19. The molecule has 0 radical (unpaired) electrons. The molecule has 0 bridgehead atoms. The lowest BCUT2D eigenvalue weighted by atomic mass is 9.88. The Bertz CT molecular complexity index is 1440. The molecule has 184 valence electrons. The Hall–Kier alpha value is -4.26. The second kappa shape index (κ2) is 10.2. The van der Waals surface area contributed by atoms with E-state index in [0.29, 0.717) is 40.4 Å². The van der Waals surface area contributed by atoms with E-state index >= 15 is 0 Å². The van der Waals surface area contributed by atoms with E-state index in [9.17, 15) is 9.59 Å². The molecule has 0 saturated carbocycles. The van der Waals surface area contributed by atoms with Gasteiger partial charge < -0.3 is 23.4 Å². The molecule has 0 fully saturated rings. The summed E-state index contributed by atoms with van der Waals surface area (Å²) in [6, 6.07) is 22.5. The summed E-state index contributed by atoms with van der Waals surface area (Å²) in [6.45, 7) is 2.38. The monoisotopic (exact) mass is 486 g/mol. The summed E-state index contributed by atoms with van der Waals surface area (Å²) in [5.41, 5.74) is 1.95. The highest BCUT2D eigenvalue weighted by Crippen LogP contribution is 2.46. The van der Waals surface area contributed by atoms with Crippen LogP contribution in [0.1, 0.15) is 29.5 Å². The fourth-order valence-corrected chi connectivity index (χ4v) is 4.55. The molecule has 0 amide bonds. The first kappa shape index (κ1) is 23.5. The third kappa shape index (κ3) is 4.40. The Balaban J connectivity index is 1.51. The molecule has 0 unspecified atom stereocenters. The van der Waals surface area contributed by atoms with Gasteiger partial charge in [-0.2, -0.15) is 0 Å². The predicted octanol–water partition coefficient (Wildman–Crippen LogP) is 4.88. The number of ether oxygens (including phenoxy) is 4. The maximum absolute atomic E-state index is 13.1. The fourth-order valence-electron chi connectivity index (χ4n) is 4.55. The van der Waals surface area contributed by atoms with Gasteiger partial charge in [0.15, 0.2) is 11.5 Å². The smallest absolute Gasteiger partial charge is 0.348 e. The van der Waals surface area contributed by atoms with Gasteiger partial charge in [0.05, 0.1) is 37.2 Å². The van der Waals surface area contributed by atoms with Gasteiger partial charge >= 0.3 is 11.6 Å². The van der Waals surface area contributed by atoms with Gasteiger partial charge in [-0.3, -0.25) is 0 Å². The van der Waals surface area contributed by atoms with E-state index in [4.69, 9.17) is 23.4 Å². The van der Waals surface area contributed by atoms with Crippen LogP contribution in [0.3, 0.4) is 0 Å². The number of benzene rings is 3. The highest BCUT2D eigenvalue weighted by Gasteiger charge is 2.45. The van der Waals surface area contributed by atoms with Crippen LogP contribution >= 0.6 is 0 Å². The van der Waals surface area contributed by atoms with Crippen molar-refractivity contribution in [2.24, 2.45) is 0 Å². The second-order valence-corrected chi connectivity index (χ2v) is 8.39. The van der Waals surface area contributed by atoms with Crippen LogP contribution in [0, 0.1) is 0 Å². The quantitative estimate of drug-likeness (QED) is 0.259. The van der Waals surface area contributed by atoms with E-state index in [1.165, 1.54) is 5.56 Å². The third-order valence-electron chi connectivity index (χ3n) is 6.21. The highest BCUT2D eigenvalue weighted by atomic mass is 16.6. The van der Waals surface area contributed by atoms with Crippen molar-refractivity contribution >= 4 is 16.9 Å². The summed E-state index contributed by atoms with van der Waals surface area (Å²) in [7, 11) is 1.55. The van der Waals surface area contributed by atoms with Crippen LogP contribution in [0.2, 0.25) is 0 Å². The molecule has 5 rings (SSSR count). The molecule has 2 atom stereocenters. The van der Waals surface area contributed by atoms with Crippen molar-refractivity contribution in [3.05, 3.63) is 99.9 Å². The molecule has 0 N–H and O–H groups in total. The lowest BCUT2D eigenvalue weighted by molar-refractivity contribution is -0.151. The number of rotatable bonds is 8. The van der Waals surface area contributed by atoms with Crippen LogP contribution in [0.4, 0.5) is 0 Å². The van der Waals surface area contributed by atoms with Gasteiger partial charge in [0, 0.05) is 6.42 Å². The van der Waals surface area contributed by atoms with Gasteiger partial charge in [-0.1, -0.05) is 48.5 Å². The number of fused-ring (bicyclic) bond motifs is 3. The summed E-state index contributed by atoms with van der Waals surface area (Å²) >= 11 is 0. The summed E-state index contributed by atoms with van der Waals surface area (Å²) in [5, 5.41) is 0.622. The van der Waals surface area contributed by atoms with Gasteiger partial charge in [-0.05, 0) is 42.3 Å². The third-order valence-corrected chi connectivity index (χ3v) is 6.21. The number of carbonyl (C=O) groups excluding carboxylic acids is 1. The number of esters is 1. The van der Waals surface area contributed by atoms with Crippen molar-refractivity contribution in [3.63, 3.8) is 0 Å². The summed E-state index contributed by atoms with van der Waals surface area (Å²) < 4.78 is 28.5. The minimum atomic E-state index is -1.04. The van der Waals surface area contributed by atoms with Crippen molar-refractivity contribution in [1.29, 1.82) is 0 Å². The summed E-state index contributed by atoms with van der Waals surface area (Å²) in [4.78, 5) is 26.0.